The molecule has 0 aromatic rings. The van der Waals surface area contributed by atoms with Crippen molar-refractivity contribution in [3.05, 3.63) is 0 Å². The summed E-state index contributed by atoms with van der Waals surface area (Å²) in [4.78, 5) is 0. The predicted molar refractivity (Wildman–Crippen MR) is 71.3 cm³/mol. The van der Waals surface area contributed by atoms with E-state index in [1.807, 2.05) is 14.2 Å². The highest BCUT2D eigenvalue weighted by Gasteiger charge is 2.29. The zero-order chi connectivity index (χ0) is 12.5. The number of hydrogen-bond acceptors (Lipinski definition) is 3. The monoisotopic (exact) mass is 243 g/mol. The number of nitrogens with one attached hydrogen (secondary N) is 1. The zero-order valence-corrected chi connectivity index (χ0v) is 11.7. The third-order valence-electron chi connectivity index (χ3n) is 3.80. The van der Waals surface area contributed by atoms with Crippen molar-refractivity contribution in [1.82, 2.24) is 5.32 Å². The fraction of sp³-hybridized carbons (Fsp3) is 1.00. The summed E-state index contributed by atoms with van der Waals surface area (Å²) in [5, 5.41) is 3.36. The molecular weight excluding hydrogens is 214 g/mol. The van der Waals surface area contributed by atoms with Gasteiger partial charge in [-0.25, -0.2) is 0 Å². The molecule has 1 aliphatic rings. The van der Waals surface area contributed by atoms with Crippen LogP contribution in [0, 0.1) is 5.92 Å². The van der Waals surface area contributed by atoms with Gasteiger partial charge < -0.3 is 14.8 Å². The minimum atomic E-state index is 0.303. The van der Waals surface area contributed by atoms with Gasteiger partial charge in [-0.3, -0.25) is 0 Å². The number of methoxy groups -OCH3 is 1. The highest BCUT2D eigenvalue weighted by Crippen LogP contribution is 2.29. The van der Waals surface area contributed by atoms with Crippen molar-refractivity contribution in [2.45, 2.75) is 57.6 Å². The van der Waals surface area contributed by atoms with Gasteiger partial charge in [0, 0.05) is 13.7 Å². The number of hydrogen-bond donors (Lipinski definition) is 1. The maximum Gasteiger partial charge on any atom is 0.0774 e. The highest BCUT2D eigenvalue weighted by atomic mass is 16.5. The summed E-state index contributed by atoms with van der Waals surface area (Å²) in [5.74, 6) is 0.705. The van der Waals surface area contributed by atoms with Crippen molar-refractivity contribution >= 4 is 0 Å². The zero-order valence-electron chi connectivity index (χ0n) is 11.7. The number of rotatable bonds is 8. The van der Waals surface area contributed by atoms with Crippen LogP contribution < -0.4 is 5.32 Å². The molecule has 1 rings (SSSR count). The number of likely N-dealkylation sites (N-methyl/N-ethyl adjacent to an activating group) is 1. The van der Waals surface area contributed by atoms with Crippen molar-refractivity contribution in [1.29, 1.82) is 0 Å². The molecule has 2 atom stereocenters. The Morgan fingerprint density at radius 3 is 2.47 bits per heavy atom. The molecule has 3 nitrogen and oxygen atoms in total. The van der Waals surface area contributed by atoms with E-state index in [1.54, 1.807) is 0 Å². The summed E-state index contributed by atoms with van der Waals surface area (Å²) in [6.07, 6.45) is 8.11. The molecular formula is C14H29NO2. The Kier molecular flexibility index (Phi) is 7.82. The van der Waals surface area contributed by atoms with Gasteiger partial charge in [-0.05, 0) is 32.2 Å². The molecule has 0 amide bonds. The molecule has 17 heavy (non-hydrogen) atoms. The van der Waals surface area contributed by atoms with Crippen LogP contribution >= 0.6 is 0 Å². The second-order valence-electron chi connectivity index (χ2n) is 5.07. The summed E-state index contributed by atoms with van der Waals surface area (Å²) in [6, 6.07) is 0.328. The third-order valence-corrected chi connectivity index (χ3v) is 3.80. The van der Waals surface area contributed by atoms with Crippen LogP contribution in [-0.4, -0.2) is 39.5 Å². The predicted octanol–water partition coefficient (Wildman–Crippen LogP) is 2.60. The van der Waals surface area contributed by atoms with Crippen LogP contribution in [0.25, 0.3) is 0 Å². The summed E-state index contributed by atoms with van der Waals surface area (Å²) < 4.78 is 11.4. The van der Waals surface area contributed by atoms with Crippen LogP contribution in [0.2, 0.25) is 0 Å². The van der Waals surface area contributed by atoms with Gasteiger partial charge in [0.05, 0.1) is 18.8 Å². The van der Waals surface area contributed by atoms with Crippen molar-refractivity contribution in [3.8, 4) is 0 Å². The Balaban J connectivity index is 2.43. The first kappa shape index (κ1) is 14.9. The van der Waals surface area contributed by atoms with E-state index < -0.39 is 0 Å². The van der Waals surface area contributed by atoms with Gasteiger partial charge in [0.1, 0.15) is 0 Å². The van der Waals surface area contributed by atoms with E-state index in [0.29, 0.717) is 18.1 Å². The van der Waals surface area contributed by atoms with E-state index in [4.69, 9.17) is 9.47 Å². The first-order valence-corrected chi connectivity index (χ1v) is 7.11. The van der Waals surface area contributed by atoms with Gasteiger partial charge in [-0.15, -0.1) is 0 Å². The molecule has 1 saturated carbocycles. The van der Waals surface area contributed by atoms with E-state index in [2.05, 4.69) is 12.2 Å². The molecule has 0 aromatic carbocycles. The van der Waals surface area contributed by atoms with Crippen LogP contribution in [0.3, 0.4) is 0 Å². The highest BCUT2D eigenvalue weighted by molar-refractivity contribution is 4.84. The molecule has 2 unspecified atom stereocenters. The van der Waals surface area contributed by atoms with Gasteiger partial charge in [0.15, 0.2) is 0 Å². The molecule has 0 bridgehead atoms. The molecule has 1 N–H and O–H groups in total. The Morgan fingerprint density at radius 1 is 1.24 bits per heavy atom. The molecule has 3 heteroatoms. The minimum absolute atomic E-state index is 0.303. The van der Waals surface area contributed by atoms with Crippen LogP contribution in [0.1, 0.15) is 45.4 Å². The van der Waals surface area contributed by atoms with Gasteiger partial charge >= 0.3 is 0 Å². The average molecular weight is 243 g/mol. The van der Waals surface area contributed by atoms with Crippen molar-refractivity contribution in [3.63, 3.8) is 0 Å². The second-order valence-corrected chi connectivity index (χ2v) is 5.07. The molecule has 0 aromatic heterocycles. The van der Waals surface area contributed by atoms with Gasteiger partial charge in [-0.2, -0.15) is 0 Å². The third kappa shape index (κ3) is 4.94. The molecule has 0 heterocycles. The maximum absolute atomic E-state index is 5.73. The van der Waals surface area contributed by atoms with E-state index >= 15 is 0 Å². The largest absolute Gasteiger partial charge is 0.380 e. The lowest BCUT2D eigenvalue weighted by Crippen LogP contribution is -2.47. The molecule has 1 aliphatic carbocycles. The van der Waals surface area contributed by atoms with Gasteiger partial charge in [0.25, 0.3) is 0 Å². The normalized spacial score (nSPS) is 21.4. The van der Waals surface area contributed by atoms with Crippen LogP contribution in [0.5, 0.6) is 0 Å². The fourth-order valence-corrected chi connectivity index (χ4v) is 2.85. The SMILES string of the molecule is CCCOCC(NC)C(OC)C1CCCCC1. The van der Waals surface area contributed by atoms with Gasteiger partial charge in [-0.1, -0.05) is 26.2 Å². The second kappa shape index (κ2) is 8.90. The molecule has 0 spiro atoms. The molecule has 0 aliphatic heterocycles. The smallest absolute Gasteiger partial charge is 0.0774 e. The van der Waals surface area contributed by atoms with Crippen LogP contribution in [0.4, 0.5) is 0 Å². The van der Waals surface area contributed by atoms with Gasteiger partial charge in [0.2, 0.25) is 0 Å². The Bertz CT molecular complexity index is 181. The topological polar surface area (TPSA) is 30.5 Å². The average Bonchev–Trinajstić information content (AvgIpc) is 2.39. The fourth-order valence-electron chi connectivity index (χ4n) is 2.85. The lowest BCUT2D eigenvalue weighted by atomic mass is 9.82. The van der Waals surface area contributed by atoms with E-state index in [9.17, 15) is 0 Å². The first-order chi connectivity index (χ1) is 8.33. The van der Waals surface area contributed by atoms with Crippen LogP contribution in [-0.2, 0) is 9.47 Å². The Morgan fingerprint density at radius 2 is 1.94 bits per heavy atom. The number of ether oxygens (including phenoxy) is 2. The van der Waals surface area contributed by atoms with Crippen molar-refractivity contribution in [2.24, 2.45) is 5.92 Å². The van der Waals surface area contributed by atoms with E-state index in [1.165, 1.54) is 32.1 Å². The first-order valence-electron chi connectivity index (χ1n) is 7.11. The summed E-state index contributed by atoms with van der Waals surface area (Å²) in [6.45, 7) is 3.75. The van der Waals surface area contributed by atoms with E-state index in [0.717, 1.165) is 19.6 Å². The standard InChI is InChI=1S/C14H29NO2/c1-4-10-17-11-13(15-2)14(16-3)12-8-6-5-7-9-12/h12-15H,4-11H2,1-3H3. The lowest BCUT2D eigenvalue weighted by Gasteiger charge is -2.34. The molecule has 0 radical (unpaired) electrons. The van der Waals surface area contributed by atoms with Crippen LogP contribution in [0.15, 0.2) is 0 Å². The minimum Gasteiger partial charge on any atom is -0.380 e. The molecule has 0 saturated heterocycles. The Hall–Kier alpha value is -0.120. The summed E-state index contributed by atoms with van der Waals surface area (Å²) in [5.41, 5.74) is 0. The molecule has 102 valence electrons. The van der Waals surface area contributed by atoms with E-state index in [-0.39, 0.29) is 0 Å². The Labute approximate surface area is 106 Å². The van der Waals surface area contributed by atoms with Crippen molar-refractivity contribution in [2.75, 3.05) is 27.4 Å². The maximum atomic E-state index is 5.73. The lowest BCUT2D eigenvalue weighted by molar-refractivity contribution is -0.0182. The van der Waals surface area contributed by atoms with Crippen molar-refractivity contribution < 1.29 is 9.47 Å². The quantitative estimate of drug-likeness (QED) is 0.665. The summed E-state index contributed by atoms with van der Waals surface area (Å²) in [7, 11) is 3.85. The summed E-state index contributed by atoms with van der Waals surface area (Å²) >= 11 is 0. The molecule has 1 fully saturated rings.